The first-order chi connectivity index (χ1) is 11.1. The van der Waals surface area contributed by atoms with Gasteiger partial charge in [0.05, 0.1) is 6.04 Å². The average Bonchev–Trinajstić information content (AvgIpc) is 2.55. The number of urea groups is 1. The van der Waals surface area contributed by atoms with Crippen LogP contribution in [0.15, 0.2) is 65.9 Å². The van der Waals surface area contributed by atoms with Crippen molar-refractivity contribution >= 4 is 11.8 Å². The lowest BCUT2D eigenvalue weighted by molar-refractivity contribution is 0.102. The first kappa shape index (κ1) is 15.0. The number of aryl methyl sites for hydroxylation is 1. The number of hydrogen-bond donors (Lipinski definition) is 2. The minimum atomic E-state index is -0.447. The molecule has 0 aromatic heterocycles. The van der Waals surface area contributed by atoms with E-state index < -0.39 is 6.04 Å². The molecule has 0 unspecified atom stereocenters. The summed E-state index contributed by atoms with van der Waals surface area (Å²) < 4.78 is 0. The number of hydrogen-bond acceptors (Lipinski definition) is 2. The molecule has 2 N–H and O–H groups in total. The molecule has 2 amide bonds. The Morgan fingerprint density at radius 3 is 2.30 bits per heavy atom. The largest absolute Gasteiger partial charge is 0.327 e. The Kier molecular flexibility index (Phi) is 3.98. The van der Waals surface area contributed by atoms with Gasteiger partial charge in [0.1, 0.15) is 0 Å². The van der Waals surface area contributed by atoms with Crippen molar-refractivity contribution < 1.29 is 9.59 Å². The van der Waals surface area contributed by atoms with Crippen LogP contribution in [-0.4, -0.2) is 11.8 Å². The van der Waals surface area contributed by atoms with E-state index in [9.17, 15) is 9.59 Å². The zero-order valence-electron chi connectivity index (χ0n) is 13.1. The minimum Gasteiger partial charge on any atom is -0.327 e. The molecule has 0 fully saturated rings. The molecule has 0 radical (unpaired) electrons. The fourth-order valence-corrected chi connectivity index (χ4v) is 2.88. The smallest absolute Gasteiger partial charge is 0.319 e. The van der Waals surface area contributed by atoms with E-state index >= 15 is 0 Å². The Labute approximate surface area is 135 Å². The van der Waals surface area contributed by atoms with E-state index in [-0.39, 0.29) is 11.8 Å². The fraction of sp³-hybridized carbons (Fsp3) is 0.158. The summed E-state index contributed by atoms with van der Waals surface area (Å²) in [4.78, 5) is 24.9. The van der Waals surface area contributed by atoms with Crippen LogP contribution in [0.1, 0.15) is 34.5 Å². The Hall–Kier alpha value is -2.88. The van der Waals surface area contributed by atoms with Crippen molar-refractivity contribution in [2.24, 2.45) is 0 Å². The predicted molar refractivity (Wildman–Crippen MR) is 89.1 cm³/mol. The molecule has 0 bridgehead atoms. The number of amides is 2. The predicted octanol–water partition coefficient (Wildman–Crippen LogP) is 3.51. The van der Waals surface area contributed by atoms with Crippen LogP contribution in [0.25, 0.3) is 0 Å². The van der Waals surface area contributed by atoms with Gasteiger partial charge in [-0.15, -0.1) is 0 Å². The lowest BCUT2D eigenvalue weighted by atomic mass is 9.88. The van der Waals surface area contributed by atoms with Gasteiger partial charge in [-0.2, -0.15) is 0 Å². The van der Waals surface area contributed by atoms with E-state index in [1.165, 1.54) is 0 Å². The van der Waals surface area contributed by atoms with Gasteiger partial charge < -0.3 is 10.6 Å². The molecule has 4 nitrogen and oxygen atoms in total. The molecule has 3 rings (SSSR count). The third-order valence-electron chi connectivity index (χ3n) is 4.05. The highest BCUT2D eigenvalue weighted by Crippen LogP contribution is 2.30. The molecule has 1 atom stereocenters. The molecule has 0 aliphatic carbocycles. The highest BCUT2D eigenvalue weighted by atomic mass is 16.2. The number of carbonyl (C=O) groups excluding carboxylic acids is 2. The number of benzene rings is 2. The number of ketones is 1. The molecule has 116 valence electrons. The summed E-state index contributed by atoms with van der Waals surface area (Å²) in [6.07, 6.45) is 0. The summed E-state index contributed by atoms with van der Waals surface area (Å²) in [5, 5.41) is 5.58. The Morgan fingerprint density at radius 1 is 0.957 bits per heavy atom. The lowest BCUT2D eigenvalue weighted by Crippen LogP contribution is -2.45. The summed E-state index contributed by atoms with van der Waals surface area (Å²) in [5.74, 6) is -0.0798. The third kappa shape index (κ3) is 2.88. The van der Waals surface area contributed by atoms with Crippen LogP contribution in [0.2, 0.25) is 0 Å². The van der Waals surface area contributed by atoms with Crippen LogP contribution in [0.5, 0.6) is 0 Å². The molecular formula is C19H18N2O2. The Balaban J connectivity index is 2.10. The first-order valence-electron chi connectivity index (χ1n) is 7.51. The van der Waals surface area contributed by atoms with Crippen molar-refractivity contribution in [3.05, 3.63) is 82.6 Å². The van der Waals surface area contributed by atoms with Crippen LogP contribution in [0, 0.1) is 6.92 Å². The van der Waals surface area contributed by atoms with Gasteiger partial charge in [0.2, 0.25) is 0 Å². The van der Waals surface area contributed by atoms with E-state index in [2.05, 4.69) is 10.6 Å². The molecule has 1 aliphatic rings. The molecule has 23 heavy (non-hydrogen) atoms. The molecule has 0 spiro atoms. The van der Waals surface area contributed by atoms with Crippen molar-refractivity contribution in [2.75, 3.05) is 0 Å². The van der Waals surface area contributed by atoms with Crippen molar-refractivity contribution in [3.63, 3.8) is 0 Å². The van der Waals surface area contributed by atoms with Crippen LogP contribution >= 0.6 is 0 Å². The summed E-state index contributed by atoms with van der Waals surface area (Å²) >= 11 is 0. The van der Waals surface area contributed by atoms with Crippen molar-refractivity contribution in [3.8, 4) is 0 Å². The second-order valence-corrected chi connectivity index (χ2v) is 5.62. The summed E-state index contributed by atoms with van der Waals surface area (Å²) in [6.45, 7) is 3.74. The van der Waals surface area contributed by atoms with E-state index in [1.54, 1.807) is 19.1 Å². The number of nitrogens with one attached hydrogen (secondary N) is 2. The molecule has 2 aromatic carbocycles. The van der Waals surface area contributed by atoms with E-state index in [4.69, 9.17) is 0 Å². The second-order valence-electron chi connectivity index (χ2n) is 5.62. The van der Waals surface area contributed by atoms with Gasteiger partial charge in [0.25, 0.3) is 0 Å². The fourth-order valence-electron chi connectivity index (χ4n) is 2.88. The molecular weight excluding hydrogens is 288 g/mol. The lowest BCUT2D eigenvalue weighted by Gasteiger charge is -2.29. The summed E-state index contributed by atoms with van der Waals surface area (Å²) in [5.41, 5.74) is 3.74. The maximum Gasteiger partial charge on any atom is 0.319 e. The van der Waals surface area contributed by atoms with Gasteiger partial charge >= 0.3 is 6.03 Å². The van der Waals surface area contributed by atoms with Crippen LogP contribution < -0.4 is 10.6 Å². The normalized spacial score (nSPS) is 17.5. The SMILES string of the molecule is CC1=C(C(=O)c2ccccc2)[C@@H](c2ccccc2C)NC(=O)N1. The minimum absolute atomic E-state index is 0.0798. The number of rotatable bonds is 3. The molecule has 4 heteroatoms. The first-order valence-corrected chi connectivity index (χ1v) is 7.51. The quantitative estimate of drug-likeness (QED) is 0.853. The zero-order chi connectivity index (χ0) is 16.4. The van der Waals surface area contributed by atoms with Gasteiger partial charge in [-0.05, 0) is 25.0 Å². The maximum atomic E-state index is 13.0. The van der Waals surface area contributed by atoms with E-state index in [0.29, 0.717) is 16.8 Å². The monoisotopic (exact) mass is 306 g/mol. The number of Topliss-reactive ketones (excluding diaryl/α,β-unsaturated/α-hetero) is 1. The molecule has 2 aromatic rings. The van der Waals surface area contributed by atoms with Gasteiger partial charge in [-0.25, -0.2) is 4.79 Å². The zero-order valence-corrected chi connectivity index (χ0v) is 13.1. The van der Waals surface area contributed by atoms with Crippen LogP contribution in [0.3, 0.4) is 0 Å². The number of allylic oxidation sites excluding steroid dienone is 1. The molecule has 1 heterocycles. The van der Waals surface area contributed by atoms with Crippen molar-refractivity contribution in [2.45, 2.75) is 19.9 Å². The molecule has 1 aliphatic heterocycles. The van der Waals surface area contributed by atoms with Gasteiger partial charge in [-0.1, -0.05) is 54.6 Å². The van der Waals surface area contributed by atoms with E-state index in [0.717, 1.165) is 11.1 Å². The second kappa shape index (κ2) is 6.08. The summed E-state index contributed by atoms with van der Waals surface area (Å²) in [6, 6.07) is 16.1. The Bertz CT molecular complexity index is 794. The van der Waals surface area contributed by atoms with Crippen molar-refractivity contribution in [1.82, 2.24) is 10.6 Å². The van der Waals surface area contributed by atoms with E-state index in [1.807, 2.05) is 49.4 Å². The molecule has 0 saturated carbocycles. The highest BCUT2D eigenvalue weighted by Gasteiger charge is 2.32. The standard InChI is InChI=1S/C19H18N2O2/c1-12-8-6-7-11-15(12)17-16(13(2)20-19(23)21-17)18(22)14-9-4-3-5-10-14/h3-11,17H,1-2H3,(H2,20,21,23)/t17-/m1/s1. The van der Waals surface area contributed by atoms with Gasteiger partial charge in [-0.3, -0.25) is 4.79 Å². The van der Waals surface area contributed by atoms with Crippen molar-refractivity contribution in [1.29, 1.82) is 0 Å². The maximum absolute atomic E-state index is 13.0. The van der Waals surface area contributed by atoms with Gasteiger partial charge in [0.15, 0.2) is 5.78 Å². The van der Waals surface area contributed by atoms with Crippen LogP contribution in [-0.2, 0) is 0 Å². The highest BCUT2D eigenvalue weighted by molar-refractivity contribution is 6.11. The number of carbonyl (C=O) groups is 2. The average molecular weight is 306 g/mol. The van der Waals surface area contributed by atoms with Crippen LogP contribution in [0.4, 0.5) is 4.79 Å². The Morgan fingerprint density at radius 2 is 1.61 bits per heavy atom. The topological polar surface area (TPSA) is 58.2 Å². The summed E-state index contributed by atoms with van der Waals surface area (Å²) in [7, 11) is 0. The molecule has 0 saturated heterocycles. The third-order valence-corrected chi connectivity index (χ3v) is 4.05. The van der Waals surface area contributed by atoms with Gasteiger partial charge in [0, 0.05) is 16.8 Å².